The highest BCUT2D eigenvalue weighted by atomic mass is 32.2. The molecule has 0 unspecified atom stereocenters. The molecule has 168 valence electrons. The summed E-state index contributed by atoms with van der Waals surface area (Å²) in [5.74, 6) is -0.475. The zero-order valence-electron chi connectivity index (χ0n) is 18.6. The number of benzene rings is 1. The molecule has 1 atom stereocenters. The van der Waals surface area contributed by atoms with Crippen LogP contribution in [0.3, 0.4) is 0 Å². The van der Waals surface area contributed by atoms with Gasteiger partial charge in [0, 0.05) is 5.69 Å². The number of nitrogens with two attached hydrogens (primary N) is 1. The molecule has 0 aliphatic carbocycles. The fourth-order valence-corrected chi connectivity index (χ4v) is 4.61. The summed E-state index contributed by atoms with van der Waals surface area (Å²) < 4.78 is 16.0. The first-order chi connectivity index (χ1) is 15.8. The number of hydrogen-bond acceptors (Lipinski definition) is 9. The minimum absolute atomic E-state index is 0.0875. The highest BCUT2D eigenvalue weighted by Crippen LogP contribution is 2.41. The van der Waals surface area contributed by atoms with Crippen molar-refractivity contribution >= 4 is 17.7 Å². The van der Waals surface area contributed by atoms with Crippen molar-refractivity contribution in [1.29, 1.82) is 10.5 Å². The lowest BCUT2D eigenvalue weighted by atomic mass is 9.83. The second-order valence-electron chi connectivity index (χ2n) is 7.19. The highest BCUT2D eigenvalue weighted by Gasteiger charge is 2.37. The van der Waals surface area contributed by atoms with E-state index in [2.05, 4.69) is 17.1 Å². The molecule has 1 aliphatic rings. The van der Waals surface area contributed by atoms with Gasteiger partial charge in [-0.05, 0) is 43.2 Å². The fourth-order valence-electron chi connectivity index (χ4n) is 3.57. The summed E-state index contributed by atoms with van der Waals surface area (Å²) in [6, 6.07) is 13.0. The van der Waals surface area contributed by atoms with Crippen molar-refractivity contribution < 1.29 is 19.0 Å². The SMILES string of the molecule is COC(=O)C1=C(CSc2nc(C)cc(C)c2C#N)OC(N)=C(C#N)[C@H]1c1ccc(OC)cc1. The van der Waals surface area contributed by atoms with Crippen molar-refractivity contribution in [2.24, 2.45) is 5.73 Å². The van der Waals surface area contributed by atoms with Gasteiger partial charge in [0.25, 0.3) is 0 Å². The normalized spacial score (nSPS) is 15.4. The number of carbonyl (C=O) groups excluding carboxylic acids is 1. The van der Waals surface area contributed by atoms with E-state index >= 15 is 0 Å². The van der Waals surface area contributed by atoms with Crippen molar-refractivity contribution in [2.45, 2.75) is 24.8 Å². The average molecular weight is 463 g/mol. The first kappa shape index (κ1) is 23.7. The van der Waals surface area contributed by atoms with Gasteiger partial charge in [0.15, 0.2) is 0 Å². The zero-order chi connectivity index (χ0) is 24.1. The number of aryl methyl sites for hydroxylation is 2. The van der Waals surface area contributed by atoms with Crippen LogP contribution in [0.4, 0.5) is 0 Å². The van der Waals surface area contributed by atoms with Gasteiger partial charge in [-0.15, -0.1) is 0 Å². The second-order valence-corrected chi connectivity index (χ2v) is 8.15. The van der Waals surface area contributed by atoms with E-state index in [4.69, 9.17) is 19.9 Å². The molecule has 3 rings (SSSR count). The summed E-state index contributed by atoms with van der Waals surface area (Å²) in [5.41, 5.74) is 9.05. The fraction of sp³-hybridized carbons (Fsp3) is 0.250. The van der Waals surface area contributed by atoms with E-state index < -0.39 is 11.9 Å². The van der Waals surface area contributed by atoms with Crippen LogP contribution < -0.4 is 10.5 Å². The number of esters is 1. The van der Waals surface area contributed by atoms with Crippen LogP contribution in [0, 0.1) is 36.5 Å². The van der Waals surface area contributed by atoms with E-state index in [1.165, 1.54) is 18.9 Å². The lowest BCUT2D eigenvalue weighted by Gasteiger charge is -2.28. The molecule has 8 nitrogen and oxygen atoms in total. The Bertz CT molecular complexity index is 1240. The van der Waals surface area contributed by atoms with Crippen molar-refractivity contribution in [3.8, 4) is 17.9 Å². The third-order valence-electron chi connectivity index (χ3n) is 5.11. The third kappa shape index (κ3) is 4.79. The van der Waals surface area contributed by atoms with Crippen LogP contribution >= 0.6 is 11.8 Å². The van der Waals surface area contributed by atoms with Crippen molar-refractivity contribution in [2.75, 3.05) is 20.0 Å². The Morgan fingerprint density at radius 2 is 1.91 bits per heavy atom. The van der Waals surface area contributed by atoms with E-state index in [0.717, 1.165) is 11.3 Å². The summed E-state index contributed by atoms with van der Waals surface area (Å²) in [4.78, 5) is 17.3. The molecule has 0 radical (unpaired) electrons. The van der Waals surface area contributed by atoms with Crippen molar-refractivity contribution in [3.05, 3.63) is 75.5 Å². The molecule has 2 N–H and O–H groups in total. The standard InChI is InChI=1S/C24H22N4O4S/c1-13-9-14(2)28-23(17(13)10-25)33-12-19-21(24(29)31-4)20(18(11-26)22(27)32-19)15-5-7-16(30-3)8-6-15/h5-9,20H,12,27H2,1-4H3/t20-/m1/s1. The molecular weight excluding hydrogens is 440 g/mol. The summed E-state index contributed by atoms with van der Waals surface area (Å²) in [6.45, 7) is 3.68. The van der Waals surface area contributed by atoms with E-state index in [0.29, 0.717) is 21.9 Å². The summed E-state index contributed by atoms with van der Waals surface area (Å²) in [7, 11) is 2.81. The maximum absolute atomic E-state index is 12.9. The Morgan fingerprint density at radius 3 is 2.48 bits per heavy atom. The lowest BCUT2D eigenvalue weighted by Crippen LogP contribution is -2.26. The number of carbonyl (C=O) groups is 1. The van der Waals surface area contributed by atoms with Crippen molar-refractivity contribution in [1.82, 2.24) is 4.98 Å². The van der Waals surface area contributed by atoms with Crippen LogP contribution in [-0.4, -0.2) is 30.9 Å². The van der Waals surface area contributed by atoms with E-state index in [1.54, 1.807) is 31.4 Å². The van der Waals surface area contributed by atoms with Gasteiger partial charge in [-0.1, -0.05) is 23.9 Å². The lowest BCUT2D eigenvalue weighted by molar-refractivity contribution is -0.136. The number of methoxy groups -OCH3 is 2. The second kappa shape index (κ2) is 10.1. The maximum atomic E-state index is 12.9. The topological polar surface area (TPSA) is 131 Å². The van der Waals surface area contributed by atoms with Crippen LogP contribution in [0.2, 0.25) is 0 Å². The molecule has 2 heterocycles. The van der Waals surface area contributed by atoms with Crippen LogP contribution in [0.15, 0.2) is 58.1 Å². The number of ether oxygens (including phenoxy) is 3. The number of nitriles is 2. The number of allylic oxidation sites excluding steroid dienone is 1. The highest BCUT2D eigenvalue weighted by molar-refractivity contribution is 7.99. The van der Waals surface area contributed by atoms with Crippen LogP contribution in [0.25, 0.3) is 0 Å². The van der Waals surface area contributed by atoms with Gasteiger partial charge in [-0.25, -0.2) is 9.78 Å². The molecule has 1 aromatic heterocycles. The van der Waals surface area contributed by atoms with Gasteiger partial charge in [0.05, 0.1) is 37.0 Å². The summed E-state index contributed by atoms with van der Waals surface area (Å²) in [6.07, 6.45) is 0. The van der Waals surface area contributed by atoms with E-state index in [9.17, 15) is 15.3 Å². The largest absolute Gasteiger partial charge is 0.497 e. The van der Waals surface area contributed by atoms with Gasteiger partial charge >= 0.3 is 5.97 Å². The van der Waals surface area contributed by atoms with Crippen LogP contribution in [0.1, 0.15) is 28.3 Å². The summed E-state index contributed by atoms with van der Waals surface area (Å²) in [5, 5.41) is 19.8. The first-order valence-electron chi connectivity index (χ1n) is 9.88. The van der Waals surface area contributed by atoms with Gasteiger partial charge in [-0.3, -0.25) is 0 Å². The Kier molecular flexibility index (Phi) is 7.27. The Morgan fingerprint density at radius 1 is 1.21 bits per heavy atom. The molecule has 9 heteroatoms. The number of pyridine rings is 1. The number of hydrogen-bond donors (Lipinski definition) is 1. The molecule has 33 heavy (non-hydrogen) atoms. The number of aromatic nitrogens is 1. The van der Waals surface area contributed by atoms with Crippen molar-refractivity contribution in [3.63, 3.8) is 0 Å². The van der Waals surface area contributed by atoms with E-state index in [-0.39, 0.29) is 28.5 Å². The van der Waals surface area contributed by atoms with Crippen LogP contribution in [-0.2, 0) is 14.3 Å². The molecule has 0 amide bonds. The molecular formula is C24H22N4O4S. The zero-order valence-corrected chi connectivity index (χ0v) is 19.4. The molecule has 1 aromatic carbocycles. The first-order valence-corrected chi connectivity index (χ1v) is 10.9. The van der Waals surface area contributed by atoms with E-state index in [1.807, 2.05) is 19.9 Å². The predicted octanol–water partition coefficient (Wildman–Crippen LogP) is 3.61. The molecule has 0 saturated heterocycles. The quantitative estimate of drug-likeness (QED) is 0.505. The number of nitrogens with zero attached hydrogens (tertiary/aromatic N) is 3. The predicted molar refractivity (Wildman–Crippen MR) is 122 cm³/mol. The monoisotopic (exact) mass is 462 g/mol. The molecule has 1 aliphatic heterocycles. The number of rotatable bonds is 6. The van der Waals surface area contributed by atoms with Gasteiger partial charge in [0.1, 0.15) is 34.2 Å². The van der Waals surface area contributed by atoms with Gasteiger partial charge in [0.2, 0.25) is 5.88 Å². The number of thioether (sulfide) groups is 1. The minimum atomic E-state index is -0.777. The minimum Gasteiger partial charge on any atom is -0.497 e. The molecule has 0 spiro atoms. The maximum Gasteiger partial charge on any atom is 0.338 e. The van der Waals surface area contributed by atoms with Crippen LogP contribution in [0.5, 0.6) is 5.75 Å². The van der Waals surface area contributed by atoms with Gasteiger partial charge < -0.3 is 19.9 Å². The molecule has 0 bridgehead atoms. The molecule has 0 fully saturated rings. The third-order valence-corrected chi connectivity index (χ3v) is 6.09. The Hall–Kier alpha value is -3.95. The Labute approximate surface area is 196 Å². The smallest absolute Gasteiger partial charge is 0.338 e. The van der Waals surface area contributed by atoms with Gasteiger partial charge in [-0.2, -0.15) is 10.5 Å². The Balaban J connectivity index is 2.09. The molecule has 2 aromatic rings. The average Bonchev–Trinajstić information content (AvgIpc) is 2.81. The summed E-state index contributed by atoms with van der Waals surface area (Å²) >= 11 is 1.25. The molecule has 0 saturated carbocycles.